The molecule has 1 aliphatic heterocycles. The number of rotatable bonds is 2. The second-order valence-electron chi connectivity index (χ2n) is 7.38. The van der Waals surface area contributed by atoms with Crippen LogP contribution < -0.4 is 0 Å². The molecule has 0 aromatic rings. The van der Waals surface area contributed by atoms with E-state index < -0.39 is 6.09 Å². The summed E-state index contributed by atoms with van der Waals surface area (Å²) in [4.78, 5) is 15.9. The Morgan fingerprint density at radius 3 is 2.05 bits per heavy atom. The van der Waals surface area contributed by atoms with Crippen molar-refractivity contribution in [1.29, 1.82) is 0 Å². The lowest BCUT2D eigenvalue weighted by Gasteiger charge is -2.45. The van der Waals surface area contributed by atoms with E-state index in [9.17, 15) is 9.90 Å². The Hall–Kier alpha value is -0.770. The molecule has 2 rings (SSSR count). The van der Waals surface area contributed by atoms with Gasteiger partial charge in [-0.25, -0.2) is 4.79 Å². The molecular weight excluding hydrogens is 252 g/mol. The van der Waals surface area contributed by atoms with E-state index in [4.69, 9.17) is 0 Å². The topological polar surface area (TPSA) is 43.8 Å². The van der Waals surface area contributed by atoms with Crippen molar-refractivity contribution in [3.63, 3.8) is 0 Å². The number of carbonyl (C=O) groups is 1. The number of likely N-dealkylation sites (tertiary alicyclic amines) is 1. The first-order valence-corrected chi connectivity index (χ1v) is 8.16. The van der Waals surface area contributed by atoms with Crippen molar-refractivity contribution in [2.45, 2.75) is 83.3 Å². The fraction of sp³-hybridized carbons (Fsp3) is 0.938. The van der Waals surface area contributed by atoms with Crippen molar-refractivity contribution in [2.24, 2.45) is 0 Å². The van der Waals surface area contributed by atoms with Gasteiger partial charge >= 0.3 is 6.09 Å². The molecule has 1 saturated carbocycles. The van der Waals surface area contributed by atoms with Gasteiger partial charge in [0.05, 0.1) is 0 Å². The van der Waals surface area contributed by atoms with E-state index in [1.807, 2.05) is 20.8 Å². The highest BCUT2D eigenvalue weighted by Crippen LogP contribution is 2.31. The van der Waals surface area contributed by atoms with Crippen molar-refractivity contribution >= 4 is 6.09 Å². The van der Waals surface area contributed by atoms with Gasteiger partial charge in [-0.3, -0.25) is 0 Å². The fourth-order valence-electron chi connectivity index (χ4n) is 3.96. The normalized spacial score (nSPS) is 29.1. The summed E-state index contributed by atoms with van der Waals surface area (Å²) in [5.41, 5.74) is -0.297. The van der Waals surface area contributed by atoms with Crippen LogP contribution in [0.15, 0.2) is 0 Å². The van der Waals surface area contributed by atoms with Crippen molar-refractivity contribution in [3.8, 4) is 0 Å². The van der Waals surface area contributed by atoms with Crippen LogP contribution in [0.5, 0.6) is 0 Å². The van der Waals surface area contributed by atoms with Gasteiger partial charge in [0.25, 0.3) is 0 Å². The molecule has 0 radical (unpaired) electrons. The molecule has 20 heavy (non-hydrogen) atoms. The maximum atomic E-state index is 11.5. The van der Waals surface area contributed by atoms with Gasteiger partial charge in [0.2, 0.25) is 0 Å². The highest BCUT2D eigenvalue weighted by atomic mass is 16.4. The molecule has 2 aliphatic rings. The maximum Gasteiger partial charge on any atom is 0.407 e. The van der Waals surface area contributed by atoms with Crippen molar-refractivity contribution in [2.75, 3.05) is 13.1 Å². The largest absolute Gasteiger partial charge is 0.465 e. The van der Waals surface area contributed by atoms with Gasteiger partial charge in [-0.2, -0.15) is 0 Å². The zero-order valence-corrected chi connectivity index (χ0v) is 13.3. The molecule has 4 heteroatoms. The molecule has 1 saturated heterocycles. The monoisotopic (exact) mass is 282 g/mol. The van der Waals surface area contributed by atoms with E-state index in [1.165, 1.54) is 32.4 Å². The summed E-state index contributed by atoms with van der Waals surface area (Å²) in [6.07, 6.45) is 7.64. The summed E-state index contributed by atoms with van der Waals surface area (Å²) >= 11 is 0. The van der Waals surface area contributed by atoms with Crippen LogP contribution in [-0.2, 0) is 0 Å². The summed E-state index contributed by atoms with van der Waals surface area (Å²) in [7, 11) is 0. The molecule has 1 amide bonds. The van der Waals surface area contributed by atoms with Crippen LogP contribution in [0, 0.1) is 0 Å². The van der Waals surface area contributed by atoms with E-state index in [0.29, 0.717) is 6.04 Å². The van der Waals surface area contributed by atoms with Crippen LogP contribution >= 0.6 is 0 Å². The Labute approximate surface area is 123 Å². The quantitative estimate of drug-likeness (QED) is 0.842. The van der Waals surface area contributed by atoms with E-state index in [1.54, 1.807) is 4.90 Å². The second kappa shape index (κ2) is 6.33. The SMILES string of the molecule is CC(C)(C)N(C(=O)O)[C@H]1CC[C@H](N2CCCCC2)CC1. The number of carboxylic acid groups (broad SMARTS) is 1. The Kier molecular flexibility index (Phi) is 4.95. The predicted molar refractivity (Wildman–Crippen MR) is 81.1 cm³/mol. The molecule has 2 fully saturated rings. The van der Waals surface area contributed by atoms with Crippen LogP contribution in [0.1, 0.15) is 65.7 Å². The molecule has 0 atom stereocenters. The van der Waals surface area contributed by atoms with E-state index in [2.05, 4.69) is 4.90 Å². The third-order valence-corrected chi connectivity index (χ3v) is 4.87. The summed E-state index contributed by atoms with van der Waals surface area (Å²) in [6.45, 7) is 8.49. The standard InChI is InChI=1S/C16H30N2O2/c1-16(2,3)18(15(19)20)14-9-7-13(8-10-14)17-11-5-4-6-12-17/h13-14H,4-12H2,1-3H3,(H,19,20)/t13-,14-. The number of hydrogen-bond acceptors (Lipinski definition) is 2. The summed E-state index contributed by atoms with van der Waals surface area (Å²) in [5.74, 6) is 0. The van der Waals surface area contributed by atoms with Gasteiger partial charge in [0.1, 0.15) is 0 Å². The molecule has 0 aromatic carbocycles. The smallest absolute Gasteiger partial charge is 0.407 e. The average Bonchev–Trinajstić information content (AvgIpc) is 2.38. The summed E-state index contributed by atoms with van der Waals surface area (Å²) in [6, 6.07) is 0.899. The van der Waals surface area contributed by atoms with Crippen molar-refractivity contribution in [1.82, 2.24) is 9.80 Å². The highest BCUT2D eigenvalue weighted by molar-refractivity contribution is 5.66. The third kappa shape index (κ3) is 3.66. The number of nitrogens with zero attached hydrogens (tertiary/aromatic N) is 2. The molecule has 1 aliphatic carbocycles. The first kappa shape index (κ1) is 15.6. The lowest BCUT2D eigenvalue weighted by molar-refractivity contribution is 0.0374. The molecule has 0 spiro atoms. The molecule has 0 unspecified atom stereocenters. The Balaban J connectivity index is 1.91. The van der Waals surface area contributed by atoms with E-state index >= 15 is 0 Å². The van der Waals surface area contributed by atoms with E-state index in [0.717, 1.165) is 25.7 Å². The zero-order valence-electron chi connectivity index (χ0n) is 13.3. The number of amides is 1. The van der Waals surface area contributed by atoms with Gasteiger partial charge < -0.3 is 14.9 Å². The Morgan fingerprint density at radius 1 is 1.05 bits per heavy atom. The molecule has 0 aromatic heterocycles. The lowest BCUT2D eigenvalue weighted by Crippen LogP contribution is -2.53. The fourth-order valence-corrected chi connectivity index (χ4v) is 3.96. The minimum absolute atomic E-state index is 0.202. The summed E-state index contributed by atoms with van der Waals surface area (Å²) < 4.78 is 0. The first-order chi connectivity index (χ1) is 9.39. The molecule has 1 N–H and O–H groups in total. The van der Waals surface area contributed by atoms with Crippen LogP contribution in [0.25, 0.3) is 0 Å². The minimum atomic E-state index is -0.765. The average molecular weight is 282 g/mol. The molecule has 4 nitrogen and oxygen atoms in total. The molecule has 0 bridgehead atoms. The maximum absolute atomic E-state index is 11.5. The lowest BCUT2D eigenvalue weighted by atomic mass is 9.86. The highest BCUT2D eigenvalue weighted by Gasteiger charge is 2.36. The van der Waals surface area contributed by atoms with Crippen molar-refractivity contribution in [3.05, 3.63) is 0 Å². The van der Waals surface area contributed by atoms with Gasteiger partial charge in [-0.05, 0) is 72.4 Å². The van der Waals surface area contributed by atoms with Gasteiger partial charge in [0.15, 0.2) is 0 Å². The van der Waals surface area contributed by atoms with Crippen LogP contribution in [-0.4, -0.2) is 51.7 Å². The van der Waals surface area contributed by atoms with E-state index in [-0.39, 0.29) is 11.6 Å². The van der Waals surface area contributed by atoms with Crippen LogP contribution in [0.2, 0.25) is 0 Å². The predicted octanol–water partition coefficient (Wildman–Crippen LogP) is 3.56. The van der Waals surface area contributed by atoms with Crippen molar-refractivity contribution < 1.29 is 9.90 Å². The zero-order chi connectivity index (χ0) is 14.8. The van der Waals surface area contributed by atoms with Crippen LogP contribution in [0.4, 0.5) is 4.79 Å². The van der Waals surface area contributed by atoms with Crippen LogP contribution in [0.3, 0.4) is 0 Å². The number of hydrogen-bond donors (Lipinski definition) is 1. The molecule has 1 heterocycles. The molecular formula is C16H30N2O2. The summed E-state index contributed by atoms with van der Waals surface area (Å²) in [5, 5.41) is 9.49. The Morgan fingerprint density at radius 2 is 1.60 bits per heavy atom. The first-order valence-electron chi connectivity index (χ1n) is 8.16. The van der Waals surface area contributed by atoms with Gasteiger partial charge in [-0.1, -0.05) is 6.42 Å². The third-order valence-electron chi connectivity index (χ3n) is 4.87. The number of piperidine rings is 1. The van der Waals surface area contributed by atoms with Gasteiger partial charge in [0, 0.05) is 17.6 Å². The molecule has 116 valence electrons. The second-order valence-corrected chi connectivity index (χ2v) is 7.38. The minimum Gasteiger partial charge on any atom is -0.465 e. The Bertz CT molecular complexity index is 324. The van der Waals surface area contributed by atoms with Gasteiger partial charge in [-0.15, -0.1) is 0 Å².